The van der Waals surface area contributed by atoms with E-state index in [1.54, 1.807) is 0 Å². The summed E-state index contributed by atoms with van der Waals surface area (Å²) in [6.07, 6.45) is 58.0. The van der Waals surface area contributed by atoms with Gasteiger partial charge in [0, 0.05) is 25.7 Å². The van der Waals surface area contributed by atoms with Crippen molar-refractivity contribution in [2.75, 3.05) is 39.6 Å². The Labute approximate surface area is 581 Å². The van der Waals surface area contributed by atoms with Crippen LogP contribution in [0.15, 0.2) is 0 Å². The number of rotatable bonds is 76. The van der Waals surface area contributed by atoms with Gasteiger partial charge in [-0.15, -0.1) is 0 Å². The van der Waals surface area contributed by atoms with E-state index < -0.39 is 97.5 Å². The van der Waals surface area contributed by atoms with Crippen LogP contribution < -0.4 is 0 Å². The highest BCUT2D eigenvalue weighted by Gasteiger charge is 2.30. The van der Waals surface area contributed by atoms with Gasteiger partial charge in [-0.3, -0.25) is 37.3 Å². The van der Waals surface area contributed by atoms with Crippen LogP contribution in [0.3, 0.4) is 0 Å². The molecule has 19 heteroatoms. The lowest BCUT2D eigenvalue weighted by Gasteiger charge is -2.21. The molecule has 0 fully saturated rings. The molecule has 0 aliphatic rings. The second kappa shape index (κ2) is 69.2. The molecule has 0 aromatic carbocycles. The van der Waals surface area contributed by atoms with Gasteiger partial charge in [-0.1, -0.05) is 349 Å². The smallest absolute Gasteiger partial charge is 0.462 e. The normalized spacial score (nSPS) is 13.9. The maximum Gasteiger partial charge on any atom is 0.472 e. The van der Waals surface area contributed by atoms with Crippen LogP contribution in [-0.4, -0.2) is 96.7 Å². The highest BCUT2D eigenvalue weighted by molar-refractivity contribution is 7.47. The molecule has 0 radical (unpaired) electrons. The number of aliphatic hydroxyl groups is 1. The van der Waals surface area contributed by atoms with Gasteiger partial charge >= 0.3 is 39.5 Å². The van der Waals surface area contributed by atoms with Crippen molar-refractivity contribution in [3.05, 3.63) is 0 Å². The first-order chi connectivity index (χ1) is 46.0. The number of phosphoric ester groups is 2. The minimum atomic E-state index is -4.96. The number of hydrogen-bond acceptors (Lipinski definition) is 15. The van der Waals surface area contributed by atoms with Gasteiger partial charge in [-0.2, -0.15) is 0 Å². The summed E-state index contributed by atoms with van der Waals surface area (Å²) in [6, 6.07) is 0. The minimum absolute atomic E-state index is 0.108. The third kappa shape index (κ3) is 70.3. The molecule has 0 heterocycles. The summed E-state index contributed by atoms with van der Waals surface area (Å²) in [7, 11) is -9.91. The van der Waals surface area contributed by atoms with E-state index in [1.807, 2.05) is 0 Å². The van der Waals surface area contributed by atoms with Gasteiger partial charge in [0.25, 0.3) is 0 Å². The van der Waals surface area contributed by atoms with E-state index in [2.05, 4.69) is 34.6 Å². The fourth-order valence-electron chi connectivity index (χ4n) is 11.7. The van der Waals surface area contributed by atoms with E-state index in [4.69, 9.17) is 37.0 Å². The zero-order valence-corrected chi connectivity index (χ0v) is 63.6. The fourth-order valence-corrected chi connectivity index (χ4v) is 13.3. The second-order valence-corrected chi connectivity index (χ2v) is 30.8. The lowest BCUT2D eigenvalue weighted by Crippen LogP contribution is -2.30. The summed E-state index contributed by atoms with van der Waals surface area (Å²) in [4.78, 5) is 72.9. The van der Waals surface area contributed by atoms with Gasteiger partial charge in [0.05, 0.1) is 26.4 Å². The molecule has 564 valence electrons. The molecule has 0 aliphatic heterocycles. The molecular weight excluding hydrogens is 1250 g/mol. The average molecular weight is 1400 g/mol. The highest BCUT2D eigenvalue weighted by atomic mass is 31.2. The molecule has 0 bridgehead atoms. The Morgan fingerprint density at radius 2 is 0.484 bits per heavy atom. The van der Waals surface area contributed by atoms with Crippen LogP contribution in [0.1, 0.15) is 401 Å². The molecule has 0 aromatic heterocycles. The Morgan fingerprint density at radius 3 is 0.716 bits per heavy atom. The zero-order valence-electron chi connectivity index (χ0n) is 61.8. The quantitative estimate of drug-likeness (QED) is 0.0222. The summed E-state index contributed by atoms with van der Waals surface area (Å²) in [5, 5.41) is 10.6. The Balaban J connectivity index is 5.26. The molecule has 3 N–H and O–H groups in total. The number of phosphoric acid groups is 2. The molecule has 95 heavy (non-hydrogen) atoms. The predicted octanol–water partition coefficient (Wildman–Crippen LogP) is 22.5. The molecule has 0 aliphatic carbocycles. The van der Waals surface area contributed by atoms with Crippen molar-refractivity contribution in [2.45, 2.75) is 419 Å². The number of esters is 4. The Bertz CT molecular complexity index is 1820. The Kier molecular flexibility index (Phi) is 67.7. The number of ether oxygens (including phenoxy) is 4. The summed E-state index contributed by atoms with van der Waals surface area (Å²) >= 11 is 0. The van der Waals surface area contributed by atoms with Crippen LogP contribution in [0.25, 0.3) is 0 Å². The first-order valence-corrected chi connectivity index (χ1v) is 42.6. The van der Waals surface area contributed by atoms with Crippen LogP contribution in [-0.2, 0) is 65.4 Å². The summed E-state index contributed by atoms with van der Waals surface area (Å²) < 4.78 is 68.6. The van der Waals surface area contributed by atoms with Crippen molar-refractivity contribution in [3.8, 4) is 0 Å². The van der Waals surface area contributed by atoms with Crippen LogP contribution in [0.2, 0.25) is 0 Å². The monoisotopic (exact) mass is 1400 g/mol. The van der Waals surface area contributed by atoms with Crippen LogP contribution in [0, 0.1) is 5.92 Å². The summed E-state index contributed by atoms with van der Waals surface area (Å²) in [5.41, 5.74) is 0. The van der Waals surface area contributed by atoms with Gasteiger partial charge in [0.15, 0.2) is 12.2 Å². The SMILES string of the molecule is CCCCCCCCCCCCCCCCCC(=O)O[C@H](COC(=O)CCCCCCCCCCCCCC(C)C)COP(=O)(O)OC[C@@H](O)COP(=O)(O)OC[C@@H](COC(=O)CCCCCCCCCCCCCC)OC(=O)CCCCCCCCCCCCCCCC. The van der Waals surface area contributed by atoms with E-state index in [1.165, 1.54) is 225 Å². The van der Waals surface area contributed by atoms with Gasteiger partial charge in [-0.05, 0) is 31.6 Å². The molecular formula is C76H148O17P2. The number of carbonyl (C=O) groups excluding carboxylic acids is 4. The lowest BCUT2D eigenvalue weighted by atomic mass is 10.0. The molecule has 0 rings (SSSR count). The Morgan fingerprint density at radius 1 is 0.284 bits per heavy atom. The van der Waals surface area contributed by atoms with Crippen molar-refractivity contribution in [1.82, 2.24) is 0 Å². The van der Waals surface area contributed by atoms with Crippen LogP contribution >= 0.6 is 15.6 Å². The van der Waals surface area contributed by atoms with Crippen molar-refractivity contribution in [2.24, 2.45) is 5.92 Å². The van der Waals surface area contributed by atoms with E-state index in [0.717, 1.165) is 95.8 Å². The summed E-state index contributed by atoms with van der Waals surface area (Å²) in [5.74, 6) is -1.34. The molecule has 0 aromatic rings. The number of aliphatic hydroxyl groups excluding tert-OH is 1. The molecule has 0 saturated carbocycles. The Hall–Kier alpha value is -1.94. The second-order valence-electron chi connectivity index (χ2n) is 27.9. The van der Waals surface area contributed by atoms with E-state index in [9.17, 15) is 43.2 Å². The van der Waals surface area contributed by atoms with Gasteiger partial charge < -0.3 is 33.8 Å². The predicted molar refractivity (Wildman–Crippen MR) is 386 cm³/mol. The van der Waals surface area contributed by atoms with Gasteiger partial charge in [-0.25, -0.2) is 9.13 Å². The number of unbranched alkanes of at least 4 members (excludes halogenated alkanes) is 48. The molecule has 5 atom stereocenters. The van der Waals surface area contributed by atoms with Crippen LogP contribution in [0.4, 0.5) is 0 Å². The maximum absolute atomic E-state index is 13.1. The van der Waals surface area contributed by atoms with E-state index in [0.29, 0.717) is 25.7 Å². The summed E-state index contributed by atoms with van der Waals surface area (Å²) in [6.45, 7) is 7.31. The molecule has 0 amide bonds. The third-order valence-corrected chi connectivity index (χ3v) is 19.7. The van der Waals surface area contributed by atoms with Crippen molar-refractivity contribution in [1.29, 1.82) is 0 Å². The topological polar surface area (TPSA) is 237 Å². The molecule has 0 saturated heterocycles. The fraction of sp³-hybridized carbons (Fsp3) is 0.947. The van der Waals surface area contributed by atoms with Gasteiger partial charge in [0.1, 0.15) is 19.3 Å². The van der Waals surface area contributed by atoms with Crippen molar-refractivity contribution < 1.29 is 80.2 Å². The number of carbonyl (C=O) groups is 4. The first kappa shape index (κ1) is 93.1. The molecule has 0 spiro atoms. The number of hydrogen-bond donors (Lipinski definition) is 3. The third-order valence-electron chi connectivity index (χ3n) is 17.8. The average Bonchev–Trinajstić information content (AvgIpc) is 1.51. The highest BCUT2D eigenvalue weighted by Crippen LogP contribution is 2.45. The van der Waals surface area contributed by atoms with Crippen molar-refractivity contribution >= 4 is 39.5 Å². The maximum atomic E-state index is 13.1. The standard InChI is InChI=1S/C76H148O17P2/c1-6-9-12-15-18-21-24-27-29-31-36-42-47-52-57-62-76(81)93-72(66-87-74(79)60-55-50-45-40-37-32-33-38-43-48-53-58-69(4)5)68-91-95(84,85)89-64-70(77)63-88-94(82,83)90-67-71(65-86-73(78)59-54-49-44-39-34-26-23-20-17-14-11-8-3)92-75(80)61-56-51-46-41-35-30-28-25-22-19-16-13-10-7-2/h69-72,77H,6-68H2,1-5H3,(H,82,83)(H,84,85)/t70-,71+,72+/m0/s1. The van der Waals surface area contributed by atoms with E-state index >= 15 is 0 Å². The molecule has 17 nitrogen and oxygen atoms in total. The molecule has 2 unspecified atom stereocenters. The zero-order chi connectivity index (χ0) is 69.8. The first-order valence-electron chi connectivity index (χ1n) is 39.6. The minimum Gasteiger partial charge on any atom is -0.462 e. The van der Waals surface area contributed by atoms with Crippen LogP contribution in [0.5, 0.6) is 0 Å². The van der Waals surface area contributed by atoms with Gasteiger partial charge in [0.2, 0.25) is 0 Å². The van der Waals surface area contributed by atoms with Crippen molar-refractivity contribution in [3.63, 3.8) is 0 Å². The largest absolute Gasteiger partial charge is 0.472 e. The van der Waals surface area contributed by atoms with E-state index in [-0.39, 0.29) is 25.7 Å². The lowest BCUT2D eigenvalue weighted by molar-refractivity contribution is -0.161.